The number of hydrogen-bond acceptors (Lipinski definition) is 3. The van der Waals surface area contributed by atoms with Gasteiger partial charge in [-0.25, -0.2) is 0 Å². The predicted molar refractivity (Wildman–Crippen MR) is 73.5 cm³/mol. The fraction of sp³-hybridized carbons (Fsp3) is 0.333. The molecule has 0 atom stereocenters. The van der Waals surface area contributed by atoms with Crippen LogP contribution in [0.3, 0.4) is 0 Å². The summed E-state index contributed by atoms with van der Waals surface area (Å²) in [5.41, 5.74) is 5.51. The van der Waals surface area contributed by atoms with Crippen LogP contribution in [0, 0.1) is 0 Å². The summed E-state index contributed by atoms with van der Waals surface area (Å²) < 4.78 is 0.962. The topological polar surface area (TPSA) is 87.7 Å². The van der Waals surface area contributed by atoms with Crippen molar-refractivity contribution in [2.45, 2.75) is 25.8 Å². The van der Waals surface area contributed by atoms with Gasteiger partial charge in [0.25, 0.3) is 0 Å². The van der Waals surface area contributed by atoms with E-state index in [1.54, 1.807) is 13.8 Å². The van der Waals surface area contributed by atoms with Gasteiger partial charge >= 0.3 is 0 Å². The van der Waals surface area contributed by atoms with Crippen LogP contribution in [-0.4, -0.2) is 22.5 Å². The van der Waals surface area contributed by atoms with Gasteiger partial charge in [0.15, 0.2) is 5.84 Å². The van der Waals surface area contributed by atoms with Crippen LogP contribution in [0.1, 0.15) is 19.4 Å². The maximum Gasteiger partial charge on any atom is 0.225 e. The van der Waals surface area contributed by atoms with Gasteiger partial charge in [0.05, 0.1) is 12.0 Å². The third-order valence-electron chi connectivity index (χ3n) is 2.48. The summed E-state index contributed by atoms with van der Waals surface area (Å²) >= 11 is 3.33. The largest absolute Gasteiger partial charge is 0.409 e. The van der Waals surface area contributed by atoms with Crippen LogP contribution in [0.25, 0.3) is 0 Å². The fourth-order valence-corrected chi connectivity index (χ4v) is 1.63. The van der Waals surface area contributed by atoms with E-state index in [0.717, 1.165) is 10.0 Å². The van der Waals surface area contributed by atoms with Crippen molar-refractivity contribution >= 4 is 27.7 Å². The highest BCUT2D eigenvalue weighted by Gasteiger charge is 2.25. The molecule has 0 unspecified atom stereocenters. The molecule has 0 bridgehead atoms. The van der Waals surface area contributed by atoms with Crippen LogP contribution >= 0.6 is 15.9 Å². The first-order valence-electron chi connectivity index (χ1n) is 5.38. The molecule has 98 valence electrons. The molecule has 0 saturated heterocycles. The summed E-state index contributed by atoms with van der Waals surface area (Å²) in [4.78, 5) is 11.8. The van der Waals surface area contributed by atoms with Crippen molar-refractivity contribution in [2.75, 3.05) is 0 Å². The molecule has 5 nitrogen and oxygen atoms in total. The molecule has 0 spiro atoms. The lowest BCUT2D eigenvalue weighted by Gasteiger charge is -2.24. The van der Waals surface area contributed by atoms with Crippen molar-refractivity contribution in [3.05, 3.63) is 34.3 Å². The number of rotatable bonds is 4. The van der Waals surface area contributed by atoms with Crippen LogP contribution in [0.5, 0.6) is 0 Å². The third-order valence-corrected chi connectivity index (χ3v) is 3.01. The second-order valence-corrected chi connectivity index (χ2v) is 5.38. The van der Waals surface area contributed by atoms with Crippen molar-refractivity contribution in [1.82, 2.24) is 5.32 Å². The highest BCUT2D eigenvalue weighted by atomic mass is 79.9. The Morgan fingerprint density at radius 3 is 2.50 bits per heavy atom. The third kappa shape index (κ3) is 4.03. The molecule has 0 fully saturated rings. The van der Waals surface area contributed by atoms with Gasteiger partial charge in [-0.15, -0.1) is 0 Å². The van der Waals surface area contributed by atoms with E-state index in [9.17, 15) is 4.79 Å². The first kappa shape index (κ1) is 14.5. The van der Waals surface area contributed by atoms with Crippen molar-refractivity contribution in [2.24, 2.45) is 10.9 Å². The number of amidine groups is 1. The zero-order valence-electron chi connectivity index (χ0n) is 10.3. The van der Waals surface area contributed by atoms with Crippen LogP contribution in [0.15, 0.2) is 33.9 Å². The summed E-state index contributed by atoms with van der Waals surface area (Å²) in [5, 5.41) is 14.2. The number of nitrogens with one attached hydrogen (secondary N) is 1. The van der Waals surface area contributed by atoms with Gasteiger partial charge in [0.2, 0.25) is 5.91 Å². The minimum atomic E-state index is -0.874. The molecule has 0 aromatic heterocycles. The number of halogens is 1. The molecular weight excluding hydrogens is 298 g/mol. The molecule has 0 aliphatic heterocycles. The number of amides is 1. The first-order valence-corrected chi connectivity index (χ1v) is 6.18. The van der Waals surface area contributed by atoms with Gasteiger partial charge in [0, 0.05) is 4.47 Å². The van der Waals surface area contributed by atoms with E-state index in [-0.39, 0.29) is 18.2 Å². The highest BCUT2D eigenvalue weighted by molar-refractivity contribution is 9.10. The molecular formula is C12H16BrN3O2. The molecule has 0 aliphatic carbocycles. The smallest absolute Gasteiger partial charge is 0.225 e. The highest BCUT2D eigenvalue weighted by Crippen LogP contribution is 2.11. The maximum atomic E-state index is 11.8. The maximum absolute atomic E-state index is 11.8. The van der Waals surface area contributed by atoms with Gasteiger partial charge in [-0.3, -0.25) is 4.79 Å². The molecule has 6 heteroatoms. The van der Waals surface area contributed by atoms with Crippen LogP contribution in [0.4, 0.5) is 0 Å². The molecule has 1 aromatic carbocycles. The van der Waals surface area contributed by atoms with Crippen molar-refractivity contribution in [3.8, 4) is 0 Å². The van der Waals surface area contributed by atoms with Crippen LogP contribution in [0.2, 0.25) is 0 Å². The summed E-state index contributed by atoms with van der Waals surface area (Å²) in [6.45, 7) is 3.34. The van der Waals surface area contributed by atoms with E-state index >= 15 is 0 Å². The molecule has 0 aliphatic rings. The number of nitrogens with zero attached hydrogens (tertiary/aromatic N) is 1. The molecule has 18 heavy (non-hydrogen) atoms. The average molecular weight is 314 g/mol. The number of carbonyl (C=O) groups is 1. The molecule has 1 aromatic rings. The first-order chi connectivity index (χ1) is 8.35. The zero-order valence-corrected chi connectivity index (χ0v) is 11.9. The second kappa shape index (κ2) is 5.86. The quantitative estimate of drug-likeness (QED) is 0.342. The predicted octanol–water partition coefficient (Wildman–Crippen LogP) is 1.63. The minimum Gasteiger partial charge on any atom is -0.409 e. The van der Waals surface area contributed by atoms with Gasteiger partial charge < -0.3 is 16.3 Å². The lowest BCUT2D eigenvalue weighted by molar-refractivity contribution is -0.121. The Kier molecular flexibility index (Phi) is 4.72. The normalized spacial score (nSPS) is 12.3. The molecule has 0 saturated carbocycles. The lowest BCUT2D eigenvalue weighted by atomic mass is 10.0. The number of carbonyl (C=O) groups excluding carboxylic acids is 1. The summed E-state index contributed by atoms with van der Waals surface area (Å²) in [6.07, 6.45) is 0.245. The van der Waals surface area contributed by atoms with Gasteiger partial charge in [-0.1, -0.05) is 33.2 Å². The Balaban J connectivity index is 2.65. The summed E-state index contributed by atoms with van der Waals surface area (Å²) in [5.74, 6) is -0.222. The Bertz CT molecular complexity index is 455. The average Bonchev–Trinajstić information content (AvgIpc) is 2.30. The van der Waals surface area contributed by atoms with Crippen molar-refractivity contribution in [1.29, 1.82) is 0 Å². The van der Waals surface area contributed by atoms with Gasteiger partial charge in [-0.05, 0) is 31.5 Å². The number of oxime groups is 1. The molecule has 1 rings (SSSR count). The van der Waals surface area contributed by atoms with E-state index in [2.05, 4.69) is 26.4 Å². The van der Waals surface area contributed by atoms with E-state index < -0.39 is 5.54 Å². The van der Waals surface area contributed by atoms with Crippen molar-refractivity contribution in [3.63, 3.8) is 0 Å². The van der Waals surface area contributed by atoms with E-state index in [1.807, 2.05) is 24.3 Å². The van der Waals surface area contributed by atoms with E-state index in [0.29, 0.717) is 0 Å². The Morgan fingerprint density at radius 2 is 2.00 bits per heavy atom. The standard InChI is InChI=1S/C12H16BrN3O2/c1-12(2,11(14)16-18)15-10(17)7-8-3-5-9(13)6-4-8/h3-6,18H,7H2,1-2H3,(H2,14,16)(H,15,17). The zero-order chi connectivity index (χ0) is 13.8. The molecule has 0 heterocycles. The number of hydrogen-bond donors (Lipinski definition) is 3. The Labute approximate surface area is 114 Å². The monoisotopic (exact) mass is 313 g/mol. The molecule has 4 N–H and O–H groups in total. The second-order valence-electron chi connectivity index (χ2n) is 4.46. The van der Waals surface area contributed by atoms with Crippen molar-refractivity contribution < 1.29 is 10.0 Å². The van der Waals surface area contributed by atoms with Gasteiger partial charge in [0.1, 0.15) is 0 Å². The summed E-state index contributed by atoms with van der Waals surface area (Å²) in [6, 6.07) is 7.47. The number of benzene rings is 1. The lowest BCUT2D eigenvalue weighted by Crippen LogP contribution is -2.53. The Morgan fingerprint density at radius 1 is 1.44 bits per heavy atom. The molecule has 1 amide bonds. The van der Waals surface area contributed by atoms with Gasteiger partial charge in [-0.2, -0.15) is 0 Å². The minimum absolute atomic E-state index is 0.0355. The SMILES string of the molecule is CC(C)(NC(=O)Cc1ccc(Br)cc1)/C(N)=N/O. The number of nitrogens with two attached hydrogens (primary N) is 1. The van der Waals surface area contributed by atoms with Crippen LogP contribution < -0.4 is 11.1 Å². The van der Waals surface area contributed by atoms with E-state index in [1.165, 1.54) is 0 Å². The Hall–Kier alpha value is -1.56. The fourth-order valence-electron chi connectivity index (χ4n) is 1.37. The van der Waals surface area contributed by atoms with E-state index in [4.69, 9.17) is 10.9 Å². The van der Waals surface area contributed by atoms with Crippen LogP contribution in [-0.2, 0) is 11.2 Å². The summed E-state index contributed by atoms with van der Waals surface area (Å²) in [7, 11) is 0. The molecule has 0 radical (unpaired) electrons.